The number of aromatic nitrogens is 2. The molecule has 2 aromatic carbocycles. The standard InChI is InChI=1S/C17H10F5N3O/c18-11-3-1-4-12(19)15(11)16(26)24-13-9-10(17(20,21)22)5-6-14(13)25-8-2-7-23-25/h1-9H,(H,24,26). The van der Waals surface area contributed by atoms with Crippen molar-refractivity contribution >= 4 is 11.6 Å². The normalized spacial score (nSPS) is 11.4. The summed E-state index contributed by atoms with van der Waals surface area (Å²) in [7, 11) is 0. The Morgan fingerprint density at radius 3 is 2.31 bits per heavy atom. The topological polar surface area (TPSA) is 46.9 Å². The van der Waals surface area contributed by atoms with Crippen molar-refractivity contribution in [2.45, 2.75) is 6.18 Å². The lowest BCUT2D eigenvalue weighted by molar-refractivity contribution is -0.137. The van der Waals surface area contributed by atoms with Gasteiger partial charge in [-0.3, -0.25) is 4.79 Å². The van der Waals surface area contributed by atoms with Gasteiger partial charge in [-0.1, -0.05) is 6.07 Å². The molecule has 0 unspecified atom stereocenters. The largest absolute Gasteiger partial charge is 0.416 e. The fraction of sp³-hybridized carbons (Fsp3) is 0.0588. The maximum atomic E-state index is 13.7. The van der Waals surface area contributed by atoms with E-state index in [0.29, 0.717) is 6.07 Å². The first-order valence-corrected chi connectivity index (χ1v) is 7.24. The second-order valence-electron chi connectivity index (χ2n) is 5.23. The van der Waals surface area contributed by atoms with Crippen LogP contribution in [-0.2, 0) is 6.18 Å². The van der Waals surface area contributed by atoms with Gasteiger partial charge in [-0.2, -0.15) is 18.3 Å². The van der Waals surface area contributed by atoms with Gasteiger partial charge in [-0.15, -0.1) is 0 Å². The Bertz CT molecular complexity index is 931. The summed E-state index contributed by atoms with van der Waals surface area (Å²) in [5.41, 5.74) is -2.11. The summed E-state index contributed by atoms with van der Waals surface area (Å²) in [4.78, 5) is 12.2. The lowest BCUT2D eigenvalue weighted by Crippen LogP contribution is -2.18. The van der Waals surface area contributed by atoms with Gasteiger partial charge in [0.2, 0.25) is 0 Å². The van der Waals surface area contributed by atoms with Gasteiger partial charge in [0.15, 0.2) is 0 Å². The maximum absolute atomic E-state index is 13.7. The fourth-order valence-electron chi connectivity index (χ4n) is 2.32. The number of nitrogens with one attached hydrogen (secondary N) is 1. The Labute approximate surface area is 143 Å². The highest BCUT2D eigenvalue weighted by molar-refractivity contribution is 6.05. The third kappa shape index (κ3) is 3.41. The van der Waals surface area contributed by atoms with Gasteiger partial charge >= 0.3 is 6.18 Å². The van der Waals surface area contributed by atoms with E-state index in [0.717, 1.165) is 30.3 Å². The molecule has 3 aromatic rings. The molecule has 0 aliphatic rings. The summed E-state index contributed by atoms with van der Waals surface area (Å²) in [5.74, 6) is -3.47. The highest BCUT2D eigenvalue weighted by Crippen LogP contribution is 2.33. The van der Waals surface area contributed by atoms with Gasteiger partial charge in [-0.25, -0.2) is 13.5 Å². The van der Waals surface area contributed by atoms with Gasteiger partial charge in [0.25, 0.3) is 5.91 Å². The predicted octanol–water partition coefficient (Wildman–Crippen LogP) is 4.42. The van der Waals surface area contributed by atoms with Crippen LogP contribution in [0.5, 0.6) is 0 Å². The second kappa shape index (κ2) is 6.58. The van der Waals surface area contributed by atoms with Gasteiger partial charge in [0.05, 0.1) is 16.9 Å². The van der Waals surface area contributed by atoms with Crippen LogP contribution in [-0.4, -0.2) is 15.7 Å². The van der Waals surface area contributed by atoms with Gasteiger partial charge in [0, 0.05) is 12.4 Å². The van der Waals surface area contributed by atoms with Crippen LogP contribution < -0.4 is 5.32 Å². The number of hydrogen-bond acceptors (Lipinski definition) is 2. The van der Waals surface area contributed by atoms with Crippen LogP contribution in [0.3, 0.4) is 0 Å². The summed E-state index contributed by atoms with van der Waals surface area (Å²) in [6, 6.07) is 6.94. The molecule has 0 fully saturated rings. The Morgan fingerprint density at radius 2 is 1.73 bits per heavy atom. The smallest absolute Gasteiger partial charge is 0.320 e. The van der Waals surface area contributed by atoms with E-state index < -0.39 is 34.8 Å². The van der Waals surface area contributed by atoms with Crippen LogP contribution in [0.25, 0.3) is 5.69 Å². The monoisotopic (exact) mass is 367 g/mol. The molecule has 0 radical (unpaired) electrons. The van der Waals surface area contributed by atoms with E-state index in [-0.39, 0.29) is 11.4 Å². The molecule has 26 heavy (non-hydrogen) atoms. The molecule has 0 saturated carbocycles. The minimum Gasteiger partial charge on any atom is -0.320 e. The van der Waals surface area contributed by atoms with Crippen LogP contribution in [0.1, 0.15) is 15.9 Å². The number of benzene rings is 2. The molecule has 1 heterocycles. The highest BCUT2D eigenvalue weighted by atomic mass is 19.4. The van der Waals surface area contributed by atoms with E-state index in [4.69, 9.17) is 0 Å². The minimum absolute atomic E-state index is 0.105. The predicted molar refractivity (Wildman–Crippen MR) is 82.9 cm³/mol. The number of rotatable bonds is 3. The molecule has 4 nitrogen and oxygen atoms in total. The zero-order valence-electron chi connectivity index (χ0n) is 12.9. The summed E-state index contributed by atoms with van der Waals surface area (Å²) in [6.45, 7) is 0. The van der Waals surface area contributed by atoms with Crippen molar-refractivity contribution in [2.24, 2.45) is 0 Å². The Morgan fingerprint density at radius 1 is 1.04 bits per heavy atom. The number of amides is 1. The van der Waals surface area contributed by atoms with Gasteiger partial charge < -0.3 is 5.32 Å². The Balaban J connectivity index is 2.06. The quantitative estimate of drug-likeness (QED) is 0.697. The van der Waals surface area contributed by atoms with Crippen LogP contribution in [0, 0.1) is 11.6 Å². The highest BCUT2D eigenvalue weighted by Gasteiger charge is 2.31. The molecule has 3 rings (SSSR count). The third-order valence-electron chi connectivity index (χ3n) is 3.51. The molecule has 0 bridgehead atoms. The van der Waals surface area contributed by atoms with Crippen molar-refractivity contribution in [2.75, 3.05) is 5.32 Å². The number of carbonyl (C=O) groups excluding carboxylic acids is 1. The first-order chi connectivity index (χ1) is 12.3. The molecule has 0 aliphatic carbocycles. The fourth-order valence-corrected chi connectivity index (χ4v) is 2.32. The molecule has 134 valence electrons. The van der Waals surface area contributed by atoms with Gasteiger partial charge in [0.1, 0.15) is 17.2 Å². The molecule has 0 spiro atoms. The summed E-state index contributed by atoms with van der Waals surface area (Å²) in [5, 5.41) is 6.02. The molecule has 1 amide bonds. The van der Waals surface area contributed by atoms with Crippen LogP contribution in [0.15, 0.2) is 54.9 Å². The molecule has 0 aliphatic heterocycles. The first-order valence-electron chi connectivity index (χ1n) is 7.24. The average Bonchev–Trinajstić information content (AvgIpc) is 3.08. The summed E-state index contributed by atoms with van der Waals surface area (Å²) >= 11 is 0. The lowest BCUT2D eigenvalue weighted by atomic mass is 10.1. The van der Waals surface area contributed by atoms with Crippen LogP contribution >= 0.6 is 0 Å². The maximum Gasteiger partial charge on any atom is 0.416 e. The van der Waals surface area contributed by atoms with E-state index in [9.17, 15) is 26.7 Å². The van der Waals surface area contributed by atoms with E-state index in [2.05, 4.69) is 10.4 Å². The second-order valence-corrected chi connectivity index (χ2v) is 5.23. The SMILES string of the molecule is O=C(Nc1cc(C(F)(F)F)ccc1-n1cccn1)c1c(F)cccc1F. The van der Waals surface area contributed by atoms with E-state index in [1.807, 2.05) is 0 Å². The Kier molecular flexibility index (Phi) is 4.45. The van der Waals surface area contributed by atoms with Crippen LogP contribution in [0.2, 0.25) is 0 Å². The molecule has 1 N–H and O–H groups in total. The first kappa shape index (κ1) is 17.6. The van der Waals surface area contributed by atoms with Crippen molar-refractivity contribution in [1.29, 1.82) is 0 Å². The van der Waals surface area contributed by atoms with Crippen molar-refractivity contribution in [1.82, 2.24) is 9.78 Å². The van der Waals surface area contributed by atoms with Crippen molar-refractivity contribution in [3.05, 3.63) is 77.6 Å². The number of carbonyl (C=O) groups is 1. The number of nitrogens with zero attached hydrogens (tertiary/aromatic N) is 2. The van der Waals surface area contributed by atoms with E-state index in [1.165, 1.54) is 23.1 Å². The lowest BCUT2D eigenvalue weighted by Gasteiger charge is -2.15. The van der Waals surface area contributed by atoms with E-state index >= 15 is 0 Å². The van der Waals surface area contributed by atoms with Gasteiger partial charge in [-0.05, 0) is 36.4 Å². The number of anilines is 1. The molecular formula is C17H10F5N3O. The van der Waals surface area contributed by atoms with E-state index in [1.54, 1.807) is 0 Å². The molecular weight excluding hydrogens is 357 g/mol. The number of hydrogen-bond donors (Lipinski definition) is 1. The molecule has 0 atom stereocenters. The van der Waals surface area contributed by atoms with Crippen molar-refractivity contribution < 1.29 is 26.7 Å². The zero-order chi connectivity index (χ0) is 18.9. The molecule has 9 heteroatoms. The van der Waals surface area contributed by atoms with Crippen LogP contribution in [0.4, 0.5) is 27.6 Å². The zero-order valence-corrected chi connectivity index (χ0v) is 12.9. The third-order valence-corrected chi connectivity index (χ3v) is 3.51. The number of halogens is 5. The molecule has 1 aromatic heterocycles. The van der Waals surface area contributed by atoms with Crippen molar-refractivity contribution in [3.8, 4) is 5.69 Å². The Hall–Kier alpha value is -3.23. The molecule has 0 saturated heterocycles. The summed E-state index contributed by atoms with van der Waals surface area (Å²) in [6.07, 6.45) is -1.83. The average molecular weight is 367 g/mol. The number of alkyl halides is 3. The summed E-state index contributed by atoms with van der Waals surface area (Å²) < 4.78 is 67.6. The minimum atomic E-state index is -4.66. The van der Waals surface area contributed by atoms with Crippen molar-refractivity contribution in [3.63, 3.8) is 0 Å².